The molecular formula is C20H40N4O8. The molecule has 32 heavy (non-hydrogen) atoms. The fraction of sp³-hybridized carbons (Fsp3) is 0.800. The highest BCUT2D eigenvalue weighted by molar-refractivity contribution is 5.65. The van der Waals surface area contributed by atoms with E-state index >= 15 is 0 Å². The van der Waals surface area contributed by atoms with Gasteiger partial charge >= 0.3 is 24.4 Å². The fourth-order valence-electron chi connectivity index (χ4n) is 2.58. The lowest BCUT2D eigenvalue weighted by molar-refractivity contribution is 0.00749. The van der Waals surface area contributed by atoms with Crippen molar-refractivity contribution in [2.75, 3.05) is 26.4 Å². The molecule has 2 unspecified atom stereocenters. The zero-order valence-corrected chi connectivity index (χ0v) is 20.0. The van der Waals surface area contributed by atoms with Gasteiger partial charge < -0.3 is 41.9 Å². The topological polar surface area (TPSA) is 209 Å². The molecule has 0 aliphatic rings. The molecule has 8 N–H and O–H groups in total. The van der Waals surface area contributed by atoms with E-state index < -0.39 is 35.2 Å². The van der Waals surface area contributed by atoms with Gasteiger partial charge in [-0.15, -0.1) is 0 Å². The maximum absolute atomic E-state index is 10.6. The Balaban J connectivity index is 0. The molecule has 12 nitrogen and oxygen atoms in total. The second kappa shape index (κ2) is 15.0. The SMILES string of the molecule is CCC(C)C(C)(COC(N)=O)COC(N)=O.CCC(C)C(C)(COC(N)=O)COC(N)=O. The molecule has 2 atom stereocenters. The van der Waals surface area contributed by atoms with Crippen LogP contribution in [0.1, 0.15) is 54.4 Å². The van der Waals surface area contributed by atoms with Crippen LogP contribution < -0.4 is 22.9 Å². The van der Waals surface area contributed by atoms with Gasteiger partial charge in [-0.3, -0.25) is 0 Å². The molecule has 0 aliphatic heterocycles. The minimum atomic E-state index is -0.839. The average molecular weight is 465 g/mol. The lowest BCUT2D eigenvalue weighted by Gasteiger charge is -2.33. The molecule has 0 saturated carbocycles. The van der Waals surface area contributed by atoms with Crippen LogP contribution in [0.15, 0.2) is 0 Å². The number of ether oxygens (including phenoxy) is 4. The lowest BCUT2D eigenvalue weighted by Crippen LogP contribution is -2.38. The first-order chi connectivity index (χ1) is 14.6. The molecule has 0 heterocycles. The van der Waals surface area contributed by atoms with Crippen LogP contribution in [0.2, 0.25) is 0 Å². The first kappa shape index (κ1) is 31.3. The highest BCUT2D eigenvalue weighted by Crippen LogP contribution is 2.31. The summed E-state index contributed by atoms with van der Waals surface area (Å²) in [6.07, 6.45) is -1.63. The van der Waals surface area contributed by atoms with Crippen molar-refractivity contribution in [3.05, 3.63) is 0 Å². The Morgan fingerprint density at radius 3 is 0.906 bits per heavy atom. The van der Waals surface area contributed by atoms with Crippen molar-refractivity contribution in [1.82, 2.24) is 0 Å². The summed E-state index contributed by atoms with van der Waals surface area (Å²) in [7, 11) is 0. The first-order valence-corrected chi connectivity index (χ1v) is 10.3. The van der Waals surface area contributed by atoms with Crippen molar-refractivity contribution in [2.45, 2.75) is 54.4 Å². The van der Waals surface area contributed by atoms with Crippen LogP contribution in [0.3, 0.4) is 0 Å². The number of hydrogen-bond donors (Lipinski definition) is 4. The van der Waals surface area contributed by atoms with Crippen molar-refractivity contribution in [1.29, 1.82) is 0 Å². The Bertz CT molecular complexity index is 526. The number of nitrogens with two attached hydrogens (primary N) is 4. The molecule has 0 rings (SSSR count). The van der Waals surface area contributed by atoms with E-state index in [1.165, 1.54) is 0 Å². The van der Waals surface area contributed by atoms with Gasteiger partial charge in [-0.05, 0) is 11.8 Å². The average Bonchev–Trinajstić information content (AvgIpc) is 2.72. The van der Waals surface area contributed by atoms with E-state index in [9.17, 15) is 19.2 Å². The third-order valence-electron chi connectivity index (χ3n) is 5.78. The van der Waals surface area contributed by atoms with Crippen molar-refractivity contribution < 1.29 is 38.1 Å². The zero-order valence-electron chi connectivity index (χ0n) is 20.0. The van der Waals surface area contributed by atoms with Gasteiger partial charge in [-0.2, -0.15) is 0 Å². The molecule has 0 spiro atoms. The summed E-state index contributed by atoms with van der Waals surface area (Å²) in [5, 5.41) is 0. The van der Waals surface area contributed by atoms with Crippen LogP contribution in [-0.2, 0) is 18.9 Å². The zero-order chi connectivity index (χ0) is 25.5. The Labute approximate surface area is 189 Å². The van der Waals surface area contributed by atoms with Gasteiger partial charge in [-0.1, -0.05) is 54.4 Å². The Morgan fingerprint density at radius 2 is 0.781 bits per heavy atom. The van der Waals surface area contributed by atoms with Crippen LogP contribution in [0.4, 0.5) is 19.2 Å². The smallest absolute Gasteiger partial charge is 0.404 e. The highest BCUT2D eigenvalue weighted by atomic mass is 16.6. The molecule has 0 aromatic heterocycles. The molecule has 0 bridgehead atoms. The highest BCUT2D eigenvalue weighted by Gasteiger charge is 2.34. The summed E-state index contributed by atoms with van der Waals surface area (Å²) in [5.41, 5.74) is 18.7. The van der Waals surface area contributed by atoms with E-state index in [1.807, 2.05) is 41.5 Å². The molecule has 188 valence electrons. The standard InChI is InChI=1S/2C10H20N2O4/c2*1-4-7(2)10(3,5-15-8(11)13)6-16-9(12)14/h2*7H,4-6H2,1-3H3,(H2,11,13)(H2,12,14). The normalized spacial score (nSPS) is 12.9. The minimum absolute atomic E-state index is 0.102. The van der Waals surface area contributed by atoms with Crippen molar-refractivity contribution >= 4 is 24.4 Å². The van der Waals surface area contributed by atoms with E-state index in [0.717, 1.165) is 12.8 Å². The second-order valence-electron chi connectivity index (χ2n) is 8.36. The van der Waals surface area contributed by atoms with Crippen LogP contribution >= 0.6 is 0 Å². The summed E-state index contributed by atoms with van der Waals surface area (Å²) in [6, 6.07) is 0. The molecule has 0 aromatic carbocycles. The third-order valence-corrected chi connectivity index (χ3v) is 5.78. The van der Waals surface area contributed by atoms with Crippen molar-refractivity contribution in [2.24, 2.45) is 45.6 Å². The molecule has 4 amide bonds. The first-order valence-electron chi connectivity index (χ1n) is 10.3. The largest absolute Gasteiger partial charge is 0.449 e. The molecule has 12 heteroatoms. The summed E-state index contributed by atoms with van der Waals surface area (Å²) in [4.78, 5) is 42.3. The Hall–Kier alpha value is -2.92. The van der Waals surface area contributed by atoms with E-state index in [4.69, 9.17) is 41.9 Å². The molecule has 0 aliphatic carbocycles. The number of carbonyl (C=O) groups is 4. The maximum atomic E-state index is 10.6. The van der Waals surface area contributed by atoms with Gasteiger partial charge in [-0.25, -0.2) is 19.2 Å². The van der Waals surface area contributed by atoms with Gasteiger partial charge in [0.1, 0.15) is 26.4 Å². The van der Waals surface area contributed by atoms with Crippen LogP contribution in [0.5, 0.6) is 0 Å². The van der Waals surface area contributed by atoms with E-state index in [0.29, 0.717) is 0 Å². The van der Waals surface area contributed by atoms with E-state index in [2.05, 4.69) is 0 Å². The quantitative estimate of drug-likeness (QED) is 0.314. The summed E-state index contributed by atoms with van der Waals surface area (Å²) >= 11 is 0. The maximum Gasteiger partial charge on any atom is 0.404 e. The van der Waals surface area contributed by atoms with Crippen LogP contribution in [0.25, 0.3) is 0 Å². The number of carbonyl (C=O) groups excluding carboxylic acids is 4. The van der Waals surface area contributed by atoms with Crippen molar-refractivity contribution in [3.63, 3.8) is 0 Å². The van der Waals surface area contributed by atoms with Gasteiger partial charge in [0.25, 0.3) is 0 Å². The molecule has 0 aromatic rings. The van der Waals surface area contributed by atoms with Gasteiger partial charge in [0.15, 0.2) is 0 Å². The van der Waals surface area contributed by atoms with E-state index in [-0.39, 0.29) is 38.3 Å². The minimum Gasteiger partial charge on any atom is -0.449 e. The van der Waals surface area contributed by atoms with Gasteiger partial charge in [0, 0.05) is 10.8 Å². The van der Waals surface area contributed by atoms with Gasteiger partial charge in [0.2, 0.25) is 0 Å². The predicted molar refractivity (Wildman–Crippen MR) is 117 cm³/mol. The van der Waals surface area contributed by atoms with Gasteiger partial charge in [0.05, 0.1) is 0 Å². The Kier molecular flexibility index (Phi) is 14.6. The number of rotatable bonds is 12. The Morgan fingerprint density at radius 1 is 0.594 bits per heavy atom. The molecule has 0 saturated heterocycles. The third kappa shape index (κ3) is 13.4. The molecule has 0 fully saturated rings. The fourth-order valence-corrected chi connectivity index (χ4v) is 2.58. The summed E-state index contributed by atoms with van der Waals surface area (Å²) in [6.45, 7) is 12.1. The molecular weight excluding hydrogens is 424 g/mol. The van der Waals surface area contributed by atoms with E-state index in [1.54, 1.807) is 0 Å². The van der Waals surface area contributed by atoms with Crippen LogP contribution in [0, 0.1) is 22.7 Å². The summed E-state index contributed by atoms with van der Waals surface area (Å²) in [5.74, 6) is 0.400. The monoisotopic (exact) mass is 464 g/mol. The number of primary amides is 4. The number of hydrogen-bond acceptors (Lipinski definition) is 8. The lowest BCUT2D eigenvalue weighted by atomic mass is 9.78. The van der Waals surface area contributed by atoms with Crippen molar-refractivity contribution in [3.8, 4) is 0 Å². The number of amides is 4. The molecule has 0 radical (unpaired) electrons. The summed E-state index contributed by atoms with van der Waals surface area (Å²) < 4.78 is 19.1. The van der Waals surface area contributed by atoms with Crippen LogP contribution in [-0.4, -0.2) is 50.8 Å². The predicted octanol–water partition coefficient (Wildman–Crippen LogP) is 2.46. The second-order valence-corrected chi connectivity index (χ2v) is 8.36.